The van der Waals surface area contributed by atoms with Crippen LogP contribution >= 0.6 is 0 Å². The van der Waals surface area contributed by atoms with Gasteiger partial charge in [0.05, 0.1) is 5.56 Å². The summed E-state index contributed by atoms with van der Waals surface area (Å²) in [5.41, 5.74) is 6.78. The number of carbonyl (C=O) groups is 1. The zero-order valence-corrected chi connectivity index (χ0v) is 10.4. The molecule has 98 valence electrons. The van der Waals surface area contributed by atoms with Gasteiger partial charge in [0.1, 0.15) is 5.82 Å². The predicted molar refractivity (Wildman–Crippen MR) is 73.3 cm³/mol. The summed E-state index contributed by atoms with van der Waals surface area (Å²) in [5, 5.41) is 2.67. The van der Waals surface area contributed by atoms with Gasteiger partial charge in [-0.2, -0.15) is 0 Å². The molecular weight excluding hydrogens is 243 g/mol. The van der Waals surface area contributed by atoms with Crippen LogP contribution in [0.2, 0.25) is 0 Å². The molecule has 0 aliphatic rings. The lowest BCUT2D eigenvalue weighted by Gasteiger charge is -2.08. The summed E-state index contributed by atoms with van der Waals surface area (Å²) in [4.78, 5) is 11.8. The molecule has 0 unspecified atom stereocenters. The summed E-state index contributed by atoms with van der Waals surface area (Å²) in [6, 6.07) is 14.0. The first-order chi connectivity index (χ1) is 9.18. The molecule has 0 heterocycles. The van der Waals surface area contributed by atoms with Gasteiger partial charge in [0.25, 0.3) is 5.91 Å². The van der Waals surface area contributed by atoms with Crippen LogP contribution in [0, 0.1) is 5.82 Å². The molecule has 19 heavy (non-hydrogen) atoms. The Hall–Kier alpha value is -2.36. The van der Waals surface area contributed by atoms with Crippen molar-refractivity contribution in [3.05, 3.63) is 65.5 Å². The highest BCUT2D eigenvalue weighted by atomic mass is 19.1. The molecule has 0 fully saturated rings. The van der Waals surface area contributed by atoms with Gasteiger partial charge >= 0.3 is 0 Å². The molecule has 0 radical (unpaired) electrons. The van der Waals surface area contributed by atoms with E-state index in [1.165, 1.54) is 18.2 Å². The Kier molecular flexibility index (Phi) is 4.13. The molecule has 3 nitrogen and oxygen atoms in total. The van der Waals surface area contributed by atoms with Crippen LogP contribution in [0.1, 0.15) is 15.9 Å². The van der Waals surface area contributed by atoms with Gasteiger partial charge in [-0.25, -0.2) is 4.39 Å². The third-order valence-electron chi connectivity index (χ3n) is 2.81. The zero-order chi connectivity index (χ0) is 13.7. The quantitative estimate of drug-likeness (QED) is 0.827. The van der Waals surface area contributed by atoms with Crippen molar-refractivity contribution in [2.75, 3.05) is 12.3 Å². The van der Waals surface area contributed by atoms with E-state index < -0.39 is 11.7 Å². The van der Waals surface area contributed by atoms with Crippen LogP contribution in [-0.4, -0.2) is 12.5 Å². The topological polar surface area (TPSA) is 55.1 Å². The van der Waals surface area contributed by atoms with E-state index in [9.17, 15) is 9.18 Å². The van der Waals surface area contributed by atoms with Gasteiger partial charge in [-0.05, 0) is 24.1 Å². The molecule has 0 spiro atoms. The summed E-state index contributed by atoms with van der Waals surface area (Å²) in [6.07, 6.45) is 0.695. The first-order valence-electron chi connectivity index (χ1n) is 6.04. The highest BCUT2D eigenvalue weighted by Crippen LogP contribution is 2.15. The van der Waals surface area contributed by atoms with Crippen molar-refractivity contribution in [2.45, 2.75) is 6.42 Å². The summed E-state index contributed by atoms with van der Waals surface area (Å²) >= 11 is 0. The van der Waals surface area contributed by atoms with Crippen molar-refractivity contribution < 1.29 is 9.18 Å². The number of nitrogen functional groups attached to an aromatic ring is 1. The number of benzene rings is 2. The molecule has 0 saturated carbocycles. The second kappa shape index (κ2) is 6.00. The van der Waals surface area contributed by atoms with Crippen molar-refractivity contribution in [3.8, 4) is 0 Å². The third kappa shape index (κ3) is 3.31. The van der Waals surface area contributed by atoms with Gasteiger partial charge in [0, 0.05) is 12.2 Å². The van der Waals surface area contributed by atoms with Crippen molar-refractivity contribution in [1.82, 2.24) is 5.32 Å². The Balaban J connectivity index is 1.95. The van der Waals surface area contributed by atoms with Crippen LogP contribution in [-0.2, 0) is 6.42 Å². The monoisotopic (exact) mass is 258 g/mol. The van der Waals surface area contributed by atoms with Crippen molar-refractivity contribution >= 4 is 11.6 Å². The fourth-order valence-corrected chi connectivity index (χ4v) is 1.83. The normalized spacial score (nSPS) is 10.2. The summed E-state index contributed by atoms with van der Waals surface area (Å²) < 4.78 is 13.5. The maximum Gasteiger partial charge on any atom is 0.256 e. The minimum Gasteiger partial charge on any atom is -0.398 e. The fraction of sp³-hybridized carbons (Fsp3) is 0.133. The van der Waals surface area contributed by atoms with Crippen LogP contribution in [0.4, 0.5) is 10.1 Å². The Morgan fingerprint density at radius 3 is 2.53 bits per heavy atom. The number of halogens is 1. The van der Waals surface area contributed by atoms with Crippen LogP contribution in [0.15, 0.2) is 48.5 Å². The summed E-state index contributed by atoms with van der Waals surface area (Å²) in [5.74, 6) is -1.08. The fourth-order valence-electron chi connectivity index (χ4n) is 1.83. The number of carbonyl (C=O) groups excluding carboxylic acids is 1. The number of anilines is 1. The average Bonchev–Trinajstić information content (AvgIpc) is 2.40. The molecule has 0 bridgehead atoms. The van der Waals surface area contributed by atoms with Gasteiger partial charge < -0.3 is 11.1 Å². The van der Waals surface area contributed by atoms with Crippen LogP contribution in [0.5, 0.6) is 0 Å². The first-order valence-corrected chi connectivity index (χ1v) is 6.04. The Morgan fingerprint density at radius 1 is 1.11 bits per heavy atom. The van der Waals surface area contributed by atoms with E-state index in [1.807, 2.05) is 30.3 Å². The number of hydrogen-bond acceptors (Lipinski definition) is 2. The Labute approximate surface area is 111 Å². The molecule has 0 aromatic heterocycles. The van der Waals surface area contributed by atoms with E-state index in [1.54, 1.807) is 0 Å². The van der Waals surface area contributed by atoms with Crippen molar-refractivity contribution in [2.24, 2.45) is 0 Å². The molecule has 2 rings (SSSR count). The molecular formula is C15H15FN2O. The molecule has 3 N–H and O–H groups in total. The highest BCUT2D eigenvalue weighted by Gasteiger charge is 2.14. The molecule has 0 atom stereocenters. The second-order valence-electron chi connectivity index (χ2n) is 4.20. The largest absolute Gasteiger partial charge is 0.398 e. The molecule has 4 heteroatoms. The van der Waals surface area contributed by atoms with Gasteiger partial charge in [0.15, 0.2) is 0 Å². The molecule has 0 aliphatic carbocycles. The summed E-state index contributed by atoms with van der Waals surface area (Å²) in [7, 11) is 0. The molecule has 2 aromatic rings. The lowest BCUT2D eigenvalue weighted by Crippen LogP contribution is -2.27. The van der Waals surface area contributed by atoms with E-state index >= 15 is 0 Å². The standard InChI is InChI=1S/C15H15FN2O/c16-12-7-4-8-13(17)14(12)15(19)18-10-9-11-5-2-1-3-6-11/h1-8H,9-10,17H2,(H,18,19). The SMILES string of the molecule is Nc1cccc(F)c1C(=O)NCCc1ccccc1. The van der Waals surface area contributed by atoms with E-state index in [0.29, 0.717) is 13.0 Å². The Bertz CT molecular complexity index is 549. The lowest BCUT2D eigenvalue weighted by molar-refractivity contribution is 0.0951. The third-order valence-corrected chi connectivity index (χ3v) is 2.81. The van der Waals surface area contributed by atoms with Crippen LogP contribution < -0.4 is 11.1 Å². The van der Waals surface area contributed by atoms with Crippen molar-refractivity contribution in [3.63, 3.8) is 0 Å². The summed E-state index contributed by atoms with van der Waals surface area (Å²) in [6.45, 7) is 0.441. The maximum absolute atomic E-state index is 13.5. The van der Waals surface area contributed by atoms with E-state index in [-0.39, 0.29) is 11.3 Å². The minimum atomic E-state index is -0.600. The number of hydrogen-bond donors (Lipinski definition) is 2. The first kappa shape index (κ1) is 13.1. The van der Waals surface area contributed by atoms with E-state index in [0.717, 1.165) is 5.56 Å². The predicted octanol–water partition coefficient (Wildman–Crippen LogP) is 2.38. The van der Waals surface area contributed by atoms with Gasteiger partial charge in [-0.15, -0.1) is 0 Å². The average molecular weight is 258 g/mol. The van der Waals surface area contributed by atoms with E-state index in [2.05, 4.69) is 5.32 Å². The lowest BCUT2D eigenvalue weighted by atomic mass is 10.1. The smallest absolute Gasteiger partial charge is 0.256 e. The second-order valence-corrected chi connectivity index (χ2v) is 4.20. The molecule has 0 saturated heterocycles. The van der Waals surface area contributed by atoms with Gasteiger partial charge in [-0.1, -0.05) is 36.4 Å². The number of nitrogens with two attached hydrogens (primary N) is 1. The minimum absolute atomic E-state index is 0.0874. The van der Waals surface area contributed by atoms with Gasteiger partial charge in [0.2, 0.25) is 0 Å². The van der Waals surface area contributed by atoms with Crippen LogP contribution in [0.3, 0.4) is 0 Å². The Morgan fingerprint density at radius 2 is 1.84 bits per heavy atom. The maximum atomic E-state index is 13.5. The van der Waals surface area contributed by atoms with Crippen molar-refractivity contribution in [1.29, 1.82) is 0 Å². The molecule has 2 aromatic carbocycles. The van der Waals surface area contributed by atoms with Gasteiger partial charge in [-0.3, -0.25) is 4.79 Å². The number of rotatable bonds is 4. The number of nitrogens with one attached hydrogen (secondary N) is 1. The zero-order valence-electron chi connectivity index (χ0n) is 10.4. The van der Waals surface area contributed by atoms with Crippen LogP contribution in [0.25, 0.3) is 0 Å². The molecule has 0 aliphatic heterocycles. The highest BCUT2D eigenvalue weighted by molar-refractivity contribution is 5.99. The van der Waals surface area contributed by atoms with E-state index in [4.69, 9.17) is 5.73 Å². The number of amides is 1. The molecule has 1 amide bonds.